The van der Waals surface area contributed by atoms with Gasteiger partial charge in [-0.25, -0.2) is 9.78 Å². The molecular weight excluding hydrogens is 812 g/mol. The smallest absolute Gasteiger partial charge is 0.410 e. The number of nitrogens with one attached hydrogen (secondary N) is 2. The van der Waals surface area contributed by atoms with Crippen molar-refractivity contribution >= 4 is 49.2 Å². The van der Waals surface area contributed by atoms with E-state index in [2.05, 4.69) is 49.5 Å². The highest BCUT2D eigenvalue weighted by Gasteiger charge is 2.37. The van der Waals surface area contributed by atoms with Crippen LogP contribution >= 0.6 is 11.6 Å². The van der Waals surface area contributed by atoms with Gasteiger partial charge in [0, 0.05) is 37.1 Å². The van der Waals surface area contributed by atoms with Crippen LogP contribution in [-0.2, 0) is 28.7 Å². The fraction of sp³-hybridized carbons (Fsp3) is 0.457. The van der Waals surface area contributed by atoms with Crippen molar-refractivity contribution in [3.63, 3.8) is 0 Å². The largest absolute Gasteiger partial charge is 0.444 e. The summed E-state index contributed by atoms with van der Waals surface area (Å²) < 4.78 is 12.1. The number of hydrogen-bond donors (Lipinski definition) is 4. The first kappa shape index (κ1) is 47.3. The van der Waals surface area contributed by atoms with Gasteiger partial charge in [0.2, 0.25) is 0 Å². The van der Waals surface area contributed by atoms with E-state index in [1.54, 1.807) is 47.5 Å². The number of carbonyl (C=O) groups excluding carboxylic acids is 3. The number of pyridine rings is 2. The minimum atomic E-state index is -2.03. The fourth-order valence-electron chi connectivity index (χ4n) is 6.81. The van der Waals surface area contributed by atoms with Crippen LogP contribution in [0, 0.1) is 13.8 Å². The van der Waals surface area contributed by atoms with Crippen LogP contribution in [0.25, 0.3) is 11.1 Å². The molecule has 0 aliphatic carbocycles. The first-order valence-electron chi connectivity index (χ1n) is 20.7. The van der Waals surface area contributed by atoms with Crippen molar-refractivity contribution in [1.29, 1.82) is 0 Å². The highest BCUT2D eigenvalue weighted by molar-refractivity contribution is 6.74. The second kappa shape index (κ2) is 19.6. The number of anilines is 2. The number of aryl methyl sites for hydroxylation is 1. The van der Waals surface area contributed by atoms with E-state index < -0.39 is 37.9 Å². The second-order valence-electron chi connectivity index (χ2n) is 18.1. The van der Waals surface area contributed by atoms with Gasteiger partial charge < -0.3 is 34.9 Å². The van der Waals surface area contributed by atoms with E-state index in [9.17, 15) is 24.6 Å². The highest BCUT2D eigenvalue weighted by atomic mass is 35.5. The molecule has 1 aliphatic heterocycles. The lowest BCUT2D eigenvalue weighted by atomic mass is 9.97. The SMILES string of the molecule is Cc1cc(C(=O)Nc2cccc(-c3cccc(NC(=O)c4ccc(CN(CCO[Si](C)(C)C(C)(C)C)C(=O)OC(C)(C)C)cn4)c3C)c2Cl)nc2c1CCN(C(CO)CO)C2. The molecule has 4 N–H and O–H groups in total. The molecule has 0 radical (unpaired) electrons. The van der Waals surface area contributed by atoms with E-state index >= 15 is 0 Å². The molecule has 0 unspecified atom stereocenters. The van der Waals surface area contributed by atoms with Gasteiger partial charge in [0.25, 0.3) is 11.8 Å². The maximum Gasteiger partial charge on any atom is 0.410 e. The van der Waals surface area contributed by atoms with E-state index in [0.717, 1.165) is 33.5 Å². The summed E-state index contributed by atoms with van der Waals surface area (Å²) >= 11 is 6.98. The minimum absolute atomic E-state index is 0.0298. The summed E-state index contributed by atoms with van der Waals surface area (Å²) in [5, 5.41) is 25.7. The van der Waals surface area contributed by atoms with Crippen molar-refractivity contribution in [3.8, 4) is 11.1 Å². The number of amides is 3. The summed E-state index contributed by atoms with van der Waals surface area (Å²) in [6.07, 6.45) is 1.83. The lowest BCUT2D eigenvalue weighted by Crippen LogP contribution is -2.44. The summed E-state index contributed by atoms with van der Waals surface area (Å²) in [7, 11) is -2.03. The van der Waals surface area contributed by atoms with Crippen molar-refractivity contribution in [1.82, 2.24) is 19.8 Å². The summed E-state index contributed by atoms with van der Waals surface area (Å²) in [6, 6.07) is 15.6. The number of aliphatic hydroxyl groups is 2. The number of benzene rings is 2. The van der Waals surface area contributed by atoms with Crippen molar-refractivity contribution in [2.75, 3.05) is 43.5 Å². The number of hydrogen-bond acceptors (Lipinski definition) is 10. The third-order valence-corrected chi connectivity index (χ3v) is 16.4. The number of halogens is 1. The molecule has 0 bridgehead atoms. The highest BCUT2D eigenvalue weighted by Crippen LogP contribution is 2.38. The van der Waals surface area contributed by atoms with Crippen LogP contribution in [-0.4, -0.2) is 101 Å². The molecule has 15 heteroatoms. The molecule has 328 valence electrons. The Bertz CT molecular complexity index is 2220. The van der Waals surface area contributed by atoms with E-state index in [1.807, 2.05) is 57.7 Å². The Morgan fingerprint density at radius 1 is 0.918 bits per heavy atom. The van der Waals surface area contributed by atoms with E-state index in [1.165, 1.54) is 0 Å². The Morgan fingerprint density at radius 3 is 2.18 bits per heavy atom. The van der Waals surface area contributed by atoms with Crippen molar-refractivity contribution in [2.45, 2.75) is 105 Å². The van der Waals surface area contributed by atoms with E-state index in [-0.39, 0.29) is 36.2 Å². The zero-order valence-corrected chi connectivity index (χ0v) is 38.9. The van der Waals surface area contributed by atoms with Gasteiger partial charge in [0.05, 0.1) is 48.8 Å². The molecule has 0 atom stereocenters. The fourth-order valence-corrected chi connectivity index (χ4v) is 8.12. The molecule has 5 rings (SSSR count). The molecule has 1 aliphatic rings. The standard InChI is InChI=1S/C46H61ClN6O7Si/c1-29-23-39(49-40-26-52(20-19-33(29)40)32(27-54)28-55)43(57)51-37-16-12-14-35(41(37)47)34-13-11-15-36(30(34)2)50-42(56)38-18-17-31(24-48-38)25-53(44(58)60-45(3,4)5)21-22-59-61(9,10)46(6,7)8/h11-18,23-24,32,54-55H,19-22,25-28H2,1-10H3,(H,50,56)(H,51,57). The zero-order valence-electron chi connectivity index (χ0n) is 37.1. The normalized spacial score (nSPS) is 13.5. The third kappa shape index (κ3) is 11.8. The van der Waals surface area contributed by atoms with Crippen LogP contribution in [0.2, 0.25) is 23.2 Å². The molecule has 2 aromatic heterocycles. The maximum absolute atomic E-state index is 13.6. The Balaban J connectivity index is 1.28. The summed E-state index contributed by atoms with van der Waals surface area (Å²) in [5.41, 5.74) is 6.37. The topological polar surface area (TPSA) is 166 Å². The average molecular weight is 874 g/mol. The second-order valence-corrected chi connectivity index (χ2v) is 23.3. The van der Waals surface area contributed by atoms with Crippen molar-refractivity contribution in [2.24, 2.45) is 0 Å². The molecule has 61 heavy (non-hydrogen) atoms. The lowest BCUT2D eigenvalue weighted by Gasteiger charge is -2.37. The Labute approximate surface area is 366 Å². The number of rotatable bonds is 14. The van der Waals surface area contributed by atoms with Gasteiger partial charge in [-0.2, -0.15) is 0 Å². The van der Waals surface area contributed by atoms with Gasteiger partial charge in [0.1, 0.15) is 17.0 Å². The van der Waals surface area contributed by atoms with Gasteiger partial charge in [0.15, 0.2) is 8.32 Å². The summed E-state index contributed by atoms with van der Waals surface area (Å²) in [4.78, 5) is 53.1. The summed E-state index contributed by atoms with van der Waals surface area (Å²) in [5.74, 6) is -0.836. The van der Waals surface area contributed by atoms with Crippen LogP contribution in [0.1, 0.15) is 90.5 Å². The number of fused-ring (bicyclic) bond motifs is 1. The van der Waals surface area contributed by atoms with E-state index in [0.29, 0.717) is 54.6 Å². The Morgan fingerprint density at radius 2 is 1.56 bits per heavy atom. The predicted molar refractivity (Wildman–Crippen MR) is 243 cm³/mol. The zero-order chi connectivity index (χ0) is 44.9. The molecule has 0 fully saturated rings. The molecule has 4 aromatic rings. The van der Waals surface area contributed by atoms with Crippen LogP contribution in [0.4, 0.5) is 16.2 Å². The van der Waals surface area contributed by atoms with Gasteiger partial charge in [-0.05, 0) is 111 Å². The Hall–Kier alpha value is -4.70. The third-order valence-electron chi connectivity index (χ3n) is 11.4. The average Bonchev–Trinajstić information content (AvgIpc) is 3.18. The van der Waals surface area contributed by atoms with Crippen LogP contribution in [0.5, 0.6) is 0 Å². The van der Waals surface area contributed by atoms with Gasteiger partial charge in [-0.15, -0.1) is 0 Å². The minimum Gasteiger partial charge on any atom is -0.444 e. The first-order chi connectivity index (χ1) is 28.6. The number of aromatic nitrogens is 2. The quantitative estimate of drug-likeness (QED) is 0.0905. The monoisotopic (exact) mass is 872 g/mol. The van der Waals surface area contributed by atoms with E-state index in [4.69, 9.17) is 25.7 Å². The van der Waals surface area contributed by atoms with Gasteiger partial charge in [-0.3, -0.25) is 19.5 Å². The van der Waals surface area contributed by atoms with Crippen LogP contribution in [0.15, 0.2) is 60.8 Å². The van der Waals surface area contributed by atoms with Gasteiger partial charge >= 0.3 is 6.09 Å². The predicted octanol–water partition coefficient (Wildman–Crippen LogP) is 8.39. The van der Waals surface area contributed by atoms with Gasteiger partial charge in [-0.1, -0.05) is 62.7 Å². The van der Waals surface area contributed by atoms with Crippen molar-refractivity contribution < 1.29 is 33.8 Å². The molecule has 13 nitrogen and oxygen atoms in total. The number of nitrogens with zero attached hydrogens (tertiary/aromatic N) is 4. The Kier molecular flexibility index (Phi) is 15.2. The van der Waals surface area contributed by atoms with Crippen LogP contribution in [0.3, 0.4) is 0 Å². The molecule has 3 heterocycles. The molecule has 3 amide bonds. The number of aliphatic hydroxyl groups excluding tert-OH is 2. The molecule has 0 saturated heterocycles. The lowest BCUT2D eigenvalue weighted by molar-refractivity contribution is 0.0205. The van der Waals surface area contributed by atoms with Crippen molar-refractivity contribution in [3.05, 3.63) is 105 Å². The molecular formula is C46H61ClN6O7Si. The molecule has 0 saturated carbocycles. The molecule has 2 aromatic carbocycles. The number of carbonyl (C=O) groups is 3. The maximum atomic E-state index is 13.6. The summed E-state index contributed by atoms with van der Waals surface area (Å²) in [6.45, 7) is 21.9. The first-order valence-corrected chi connectivity index (χ1v) is 23.9. The number of ether oxygens (including phenoxy) is 1. The van der Waals surface area contributed by atoms with Crippen LogP contribution < -0.4 is 10.6 Å². The molecule has 0 spiro atoms.